The minimum absolute atomic E-state index is 0.0848. The molecule has 2 aromatic rings. The van der Waals surface area contributed by atoms with Crippen LogP contribution in [0.4, 0.5) is 0 Å². The van der Waals surface area contributed by atoms with Crippen LogP contribution in [0.3, 0.4) is 0 Å². The Labute approximate surface area is 188 Å². The molecule has 0 aliphatic rings. The maximum Gasteiger partial charge on any atom is 0.338 e. The number of thioether (sulfide) groups is 1. The molecule has 0 unspecified atom stereocenters. The first-order valence-electron chi connectivity index (χ1n) is 10.1. The van der Waals surface area contributed by atoms with E-state index in [-0.39, 0.29) is 11.9 Å². The van der Waals surface area contributed by atoms with E-state index in [1.165, 1.54) is 11.8 Å². The van der Waals surface area contributed by atoms with Crippen LogP contribution in [0.15, 0.2) is 61.2 Å². The van der Waals surface area contributed by atoms with Crippen molar-refractivity contribution in [2.75, 3.05) is 19.5 Å². The van der Waals surface area contributed by atoms with Gasteiger partial charge in [-0.3, -0.25) is 0 Å². The molecule has 31 heavy (non-hydrogen) atoms. The number of ether oxygens (including phenoxy) is 3. The van der Waals surface area contributed by atoms with Crippen molar-refractivity contribution < 1.29 is 23.8 Å². The molecule has 6 heteroatoms. The number of hydrogen-bond acceptors (Lipinski definition) is 6. The van der Waals surface area contributed by atoms with Gasteiger partial charge in [-0.2, -0.15) is 11.8 Å². The summed E-state index contributed by atoms with van der Waals surface area (Å²) in [5, 5.41) is -0.302. The normalized spacial score (nSPS) is 13.7. The third-order valence-electron chi connectivity index (χ3n) is 4.81. The molecule has 0 aliphatic carbocycles. The van der Waals surface area contributed by atoms with Gasteiger partial charge >= 0.3 is 11.9 Å². The Bertz CT molecular complexity index is 860. The second-order valence-corrected chi connectivity index (χ2v) is 8.38. The molecular weight excluding hydrogens is 412 g/mol. The van der Waals surface area contributed by atoms with Crippen LogP contribution in [0, 0.1) is 13.8 Å². The van der Waals surface area contributed by atoms with Crippen molar-refractivity contribution in [2.45, 2.75) is 38.2 Å². The zero-order valence-corrected chi connectivity index (χ0v) is 19.3. The van der Waals surface area contributed by atoms with Crippen molar-refractivity contribution in [3.8, 4) is 0 Å². The Morgan fingerprint density at radius 3 is 1.97 bits per heavy atom. The van der Waals surface area contributed by atoms with Crippen molar-refractivity contribution in [3.63, 3.8) is 0 Å². The summed E-state index contributed by atoms with van der Waals surface area (Å²) in [6.07, 6.45) is 2.50. The highest BCUT2D eigenvalue weighted by atomic mass is 32.2. The fraction of sp³-hybridized carbons (Fsp3) is 0.360. The maximum absolute atomic E-state index is 12.7. The summed E-state index contributed by atoms with van der Waals surface area (Å²) in [5.41, 5.74) is 3.06. The molecule has 0 N–H and O–H groups in total. The van der Waals surface area contributed by atoms with Gasteiger partial charge in [0.1, 0.15) is 12.7 Å². The monoisotopic (exact) mass is 442 g/mol. The second kappa shape index (κ2) is 12.3. The van der Waals surface area contributed by atoms with Crippen LogP contribution in [-0.2, 0) is 14.2 Å². The van der Waals surface area contributed by atoms with Crippen molar-refractivity contribution in [3.05, 3.63) is 83.4 Å². The number of hydrogen-bond donors (Lipinski definition) is 0. The standard InChI is InChI=1S/C25H30O5S/c1-6-15-28-19(4)23(30-25(27)21-13-9-18(3)10-14-21)22(31-5)16-29-24(26)20-11-7-17(2)8-12-20/h6-14,19,22-23H,1,15-16H2,2-5H3/t19-,22+,23+/m0/s1. The van der Waals surface area contributed by atoms with Crippen LogP contribution in [0.5, 0.6) is 0 Å². The van der Waals surface area contributed by atoms with Gasteiger partial charge in [0.15, 0.2) is 0 Å². The highest BCUT2D eigenvalue weighted by molar-refractivity contribution is 7.99. The summed E-state index contributed by atoms with van der Waals surface area (Å²) >= 11 is 1.46. The highest BCUT2D eigenvalue weighted by Gasteiger charge is 2.32. The molecule has 0 saturated carbocycles. The number of carbonyl (C=O) groups excluding carboxylic acids is 2. The number of aryl methyl sites for hydroxylation is 2. The summed E-state index contributed by atoms with van der Waals surface area (Å²) in [7, 11) is 0. The van der Waals surface area contributed by atoms with Gasteiger partial charge in [0.05, 0.1) is 29.1 Å². The molecule has 0 heterocycles. The van der Waals surface area contributed by atoms with Crippen LogP contribution in [0.25, 0.3) is 0 Å². The second-order valence-electron chi connectivity index (χ2n) is 7.30. The molecule has 0 fully saturated rings. The summed E-state index contributed by atoms with van der Waals surface area (Å²) in [5.74, 6) is -0.856. The molecule has 0 aromatic heterocycles. The molecule has 0 amide bonds. The molecule has 2 rings (SSSR count). The molecule has 5 nitrogen and oxygen atoms in total. The predicted octanol–water partition coefficient (Wildman–Crippen LogP) is 5.01. The average Bonchev–Trinajstić information content (AvgIpc) is 2.77. The van der Waals surface area contributed by atoms with Gasteiger partial charge in [-0.25, -0.2) is 9.59 Å². The smallest absolute Gasteiger partial charge is 0.338 e. The quantitative estimate of drug-likeness (QED) is 0.360. The lowest BCUT2D eigenvalue weighted by Crippen LogP contribution is -2.42. The van der Waals surface area contributed by atoms with Crippen molar-refractivity contribution in [2.24, 2.45) is 0 Å². The van der Waals surface area contributed by atoms with Gasteiger partial charge < -0.3 is 14.2 Å². The molecule has 0 aliphatic heterocycles. The number of rotatable bonds is 11. The van der Waals surface area contributed by atoms with Crippen molar-refractivity contribution in [1.82, 2.24) is 0 Å². The maximum atomic E-state index is 12.7. The van der Waals surface area contributed by atoms with E-state index in [2.05, 4.69) is 6.58 Å². The molecule has 0 saturated heterocycles. The SMILES string of the molecule is C=CCO[C@@H](C)[C@@H](OC(=O)c1ccc(C)cc1)[C@@H](COC(=O)c1ccc(C)cc1)SC. The third-order valence-corrected chi connectivity index (χ3v) is 5.81. The van der Waals surface area contributed by atoms with Gasteiger partial charge in [0.2, 0.25) is 0 Å². The Balaban J connectivity index is 2.12. The van der Waals surface area contributed by atoms with Crippen LogP contribution in [0.1, 0.15) is 38.8 Å². The van der Waals surface area contributed by atoms with E-state index in [9.17, 15) is 9.59 Å². The van der Waals surface area contributed by atoms with Crippen molar-refractivity contribution in [1.29, 1.82) is 0 Å². The van der Waals surface area contributed by atoms with E-state index in [1.807, 2.05) is 51.3 Å². The van der Waals surface area contributed by atoms with Gasteiger partial charge in [-0.1, -0.05) is 41.5 Å². The Hall–Kier alpha value is -2.57. The zero-order chi connectivity index (χ0) is 22.8. The predicted molar refractivity (Wildman–Crippen MR) is 125 cm³/mol. The van der Waals surface area contributed by atoms with Crippen LogP contribution >= 0.6 is 11.8 Å². The van der Waals surface area contributed by atoms with Gasteiger partial charge in [0.25, 0.3) is 0 Å². The average molecular weight is 443 g/mol. The molecular formula is C25H30O5S. The first-order chi connectivity index (χ1) is 14.8. The zero-order valence-electron chi connectivity index (χ0n) is 18.5. The molecule has 0 radical (unpaired) electrons. The fourth-order valence-corrected chi connectivity index (χ4v) is 3.65. The van der Waals surface area contributed by atoms with E-state index in [0.29, 0.717) is 17.7 Å². The van der Waals surface area contributed by atoms with E-state index < -0.39 is 24.1 Å². The Morgan fingerprint density at radius 1 is 0.968 bits per heavy atom. The third kappa shape index (κ3) is 7.56. The van der Waals surface area contributed by atoms with Crippen LogP contribution < -0.4 is 0 Å². The summed E-state index contributed by atoms with van der Waals surface area (Å²) in [6, 6.07) is 14.4. The van der Waals surface area contributed by atoms with Gasteiger partial charge in [0, 0.05) is 0 Å². The number of carbonyl (C=O) groups is 2. The lowest BCUT2D eigenvalue weighted by molar-refractivity contribution is -0.0436. The van der Waals surface area contributed by atoms with Gasteiger partial charge in [-0.05, 0) is 51.3 Å². The lowest BCUT2D eigenvalue weighted by Gasteiger charge is -2.30. The largest absolute Gasteiger partial charge is 0.461 e. The minimum Gasteiger partial charge on any atom is -0.461 e. The van der Waals surface area contributed by atoms with E-state index >= 15 is 0 Å². The minimum atomic E-state index is -0.616. The molecule has 0 bridgehead atoms. The summed E-state index contributed by atoms with van der Waals surface area (Å²) < 4.78 is 17.1. The van der Waals surface area contributed by atoms with Crippen molar-refractivity contribution >= 4 is 23.7 Å². The highest BCUT2D eigenvalue weighted by Crippen LogP contribution is 2.22. The number of benzene rings is 2. The first kappa shape index (κ1) is 24.7. The summed E-state index contributed by atoms with van der Waals surface area (Å²) in [6.45, 7) is 9.82. The number of esters is 2. The molecule has 166 valence electrons. The van der Waals surface area contributed by atoms with Crippen LogP contribution in [0.2, 0.25) is 0 Å². The van der Waals surface area contributed by atoms with E-state index in [1.54, 1.807) is 30.3 Å². The molecule has 3 atom stereocenters. The van der Waals surface area contributed by atoms with Crippen LogP contribution in [-0.4, -0.2) is 48.9 Å². The molecule has 0 spiro atoms. The molecule has 2 aromatic carbocycles. The lowest BCUT2D eigenvalue weighted by atomic mass is 10.1. The Morgan fingerprint density at radius 2 is 1.48 bits per heavy atom. The van der Waals surface area contributed by atoms with E-state index in [0.717, 1.165) is 11.1 Å². The first-order valence-corrected chi connectivity index (χ1v) is 11.4. The topological polar surface area (TPSA) is 61.8 Å². The summed E-state index contributed by atoms with van der Waals surface area (Å²) in [4.78, 5) is 25.2. The fourth-order valence-electron chi connectivity index (χ4n) is 2.90. The van der Waals surface area contributed by atoms with E-state index in [4.69, 9.17) is 14.2 Å². The Kier molecular flexibility index (Phi) is 9.82. The van der Waals surface area contributed by atoms with Gasteiger partial charge in [-0.15, -0.1) is 6.58 Å².